The summed E-state index contributed by atoms with van der Waals surface area (Å²) < 4.78 is 1.32. The SMILES string of the molecule is CB1c2ccc3ccccc3c2N(c2cccc3ccccc23)c2cc3sccc3c(-c3cccc(-c4ccccc4C)c3C)c21. The van der Waals surface area contributed by atoms with Gasteiger partial charge in [0.2, 0.25) is 6.71 Å². The Kier molecular flexibility index (Phi) is 6.20. The zero-order chi connectivity index (χ0) is 30.9. The first kappa shape index (κ1) is 27.2. The standard InChI is InChI=1S/C43H32BNS/c1-27-12-4-7-16-31(27)32-19-11-20-33(28(32)2)41-36-24-25-46-40(36)26-39-42(41)44(3)37-23-22-30-14-6-9-18-35(30)43(37)45(39)38-21-10-15-29-13-5-8-17-34(29)38/h4-26H,1-3H3. The van der Waals surface area contributed by atoms with E-state index in [4.69, 9.17) is 0 Å². The van der Waals surface area contributed by atoms with E-state index < -0.39 is 0 Å². The van der Waals surface area contributed by atoms with Crippen LogP contribution in [0.1, 0.15) is 11.1 Å². The zero-order valence-electron chi connectivity index (χ0n) is 26.2. The van der Waals surface area contributed by atoms with Crippen LogP contribution in [0.2, 0.25) is 6.82 Å². The molecule has 0 atom stereocenters. The Morgan fingerprint density at radius 2 is 1.24 bits per heavy atom. The Hall–Kier alpha value is -5.12. The van der Waals surface area contributed by atoms with Gasteiger partial charge in [0, 0.05) is 26.8 Å². The van der Waals surface area contributed by atoms with Crippen LogP contribution in [0.4, 0.5) is 17.1 Å². The van der Waals surface area contributed by atoms with Gasteiger partial charge in [0.05, 0.1) is 5.69 Å². The molecule has 8 aromatic rings. The summed E-state index contributed by atoms with van der Waals surface area (Å²) in [6, 6.07) is 49.5. The third-order valence-corrected chi connectivity index (χ3v) is 11.0. The van der Waals surface area contributed by atoms with Gasteiger partial charge in [0.15, 0.2) is 0 Å². The molecule has 0 spiro atoms. The molecule has 0 N–H and O–H groups in total. The van der Waals surface area contributed by atoms with Crippen LogP contribution in [0.5, 0.6) is 0 Å². The summed E-state index contributed by atoms with van der Waals surface area (Å²) in [5, 5.41) is 8.66. The first-order valence-electron chi connectivity index (χ1n) is 16.1. The van der Waals surface area contributed by atoms with Crippen molar-refractivity contribution < 1.29 is 0 Å². The van der Waals surface area contributed by atoms with Crippen molar-refractivity contribution in [3.05, 3.63) is 150 Å². The number of hydrogen-bond acceptors (Lipinski definition) is 2. The van der Waals surface area contributed by atoms with Crippen LogP contribution in [0, 0.1) is 13.8 Å². The highest BCUT2D eigenvalue weighted by Gasteiger charge is 2.36. The fraction of sp³-hybridized carbons (Fsp3) is 0.0698. The molecule has 218 valence electrons. The number of nitrogens with zero attached hydrogens (tertiary/aromatic N) is 1. The van der Waals surface area contributed by atoms with Gasteiger partial charge in [0.1, 0.15) is 0 Å². The van der Waals surface area contributed by atoms with E-state index in [0.29, 0.717) is 0 Å². The molecule has 1 aliphatic heterocycles. The molecule has 0 aliphatic carbocycles. The summed E-state index contributed by atoms with van der Waals surface area (Å²) in [5.74, 6) is 0. The molecule has 0 radical (unpaired) electrons. The van der Waals surface area contributed by atoms with E-state index in [2.05, 4.69) is 164 Å². The highest BCUT2D eigenvalue weighted by Crippen LogP contribution is 2.47. The predicted octanol–water partition coefficient (Wildman–Crippen LogP) is 11.2. The van der Waals surface area contributed by atoms with Crippen molar-refractivity contribution in [3.8, 4) is 22.3 Å². The van der Waals surface area contributed by atoms with Crippen LogP contribution in [0.25, 0.3) is 53.9 Å². The summed E-state index contributed by atoms with van der Waals surface area (Å²) in [6.45, 7) is 7.14. The van der Waals surface area contributed by atoms with Gasteiger partial charge >= 0.3 is 0 Å². The lowest BCUT2D eigenvalue weighted by Crippen LogP contribution is -2.49. The number of fused-ring (bicyclic) bond motifs is 6. The third-order valence-electron chi connectivity index (χ3n) is 10.1. The Morgan fingerprint density at radius 3 is 2.09 bits per heavy atom. The lowest BCUT2D eigenvalue weighted by molar-refractivity contribution is 1.33. The topological polar surface area (TPSA) is 3.24 Å². The van der Waals surface area contributed by atoms with Crippen LogP contribution in [-0.2, 0) is 0 Å². The summed E-state index contributed by atoms with van der Waals surface area (Å²) in [7, 11) is 0. The molecule has 0 amide bonds. The Morgan fingerprint density at radius 1 is 0.565 bits per heavy atom. The van der Waals surface area contributed by atoms with Crippen molar-refractivity contribution in [2.45, 2.75) is 20.7 Å². The van der Waals surface area contributed by atoms with Crippen molar-refractivity contribution >= 4 is 77.7 Å². The van der Waals surface area contributed by atoms with Crippen molar-refractivity contribution in [3.63, 3.8) is 0 Å². The van der Waals surface area contributed by atoms with Gasteiger partial charge in [-0.25, -0.2) is 0 Å². The number of rotatable bonds is 3. The average Bonchev–Trinajstić information content (AvgIpc) is 3.57. The minimum absolute atomic E-state index is 0.196. The second-order valence-corrected chi connectivity index (χ2v) is 13.5. The third kappa shape index (κ3) is 3.95. The molecule has 9 rings (SSSR count). The summed E-state index contributed by atoms with van der Waals surface area (Å²) >= 11 is 1.84. The second-order valence-electron chi connectivity index (χ2n) is 12.6. The van der Waals surface area contributed by atoms with Crippen molar-refractivity contribution in [1.82, 2.24) is 0 Å². The maximum Gasteiger partial charge on any atom is 0.212 e. The maximum absolute atomic E-state index is 2.58. The molecule has 0 saturated carbocycles. The summed E-state index contributed by atoms with van der Waals surface area (Å²) in [4.78, 5) is 2.58. The average molecular weight is 606 g/mol. The van der Waals surface area contributed by atoms with Crippen molar-refractivity contribution in [2.75, 3.05) is 4.90 Å². The van der Waals surface area contributed by atoms with Crippen LogP contribution < -0.4 is 15.8 Å². The predicted molar refractivity (Wildman–Crippen MR) is 203 cm³/mol. The lowest BCUT2D eigenvalue weighted by atomic mass is 9.39. The largest absolute Gasteiger partial charge is 0.310 e. The van der Waals surface area contributed by atoms with E-state index >= 15 is 0 Å². The molecule has 1 aromatic heterocycles. The lowest BCUT2D eigenvalue weighted by Gasteiger charge is -2.39. The Bertz CT molecular complexity index is 2480. The summed E-state index contributed by atoms with van der Waals surface area (Å²) in [6.07, 6.45) is 0. The van der Waals surface area contributed by atoms with Gasteiger partial charge in [-0.05, 0) is 92.4 Å². The first-order valence-corrected chi connectivity index (χ1v) is 17.0. The smallest absolute Gasteiger partial charge is 0.212 e. The molecule has 7 aromatic carbocycles. The van der Waals surface area contributed by atoms with E-state index in [-0.39, 0.29) is 6.71 Å². The first-order chi connectivity index (χ1) is 22.6. The number of anilines is 3. The number of thiophene rings is 1. The molecule has 0 saturated heterocycles. The van der Waals surface area contributed by atoms with Gasteiger partial charge in [-0.2, -0.15) is 0 Å². The minimum Gasteiger partial charge on any atom is -0.310 e. The van der Waals surface area contributed by atoms with E-state index in [1.165, 1.54) is 93.0 Å². The quantitative estimate of drug-likeness (QED) is 0.181. The van der Waals surface area contributed by atoms with Crippen molar-refractivity contribution in [1.29, 1.82) is 0 Å². The van der Waals surface area contributed by atoms with Crippen LogP contribution in [0.3, 0.4) is 0 Å². The fourth-order valence-corrected chi connectivity index (χ4v) is 8.73. The molecule has 2 heterocycles. The minimum atomic E-state index is 0.196. The molecule has 0 unspecified atom stereocenters. The number of hydrogen-bond donors (Lipinski definition) is 0. The highest BCUT2D eigenvalue weighted by atomic mass is 32.1. The molecule has 0 fully saturated rings. The molecule has 46 heavy (non-hydrogen) atoms. The second kappa shape index (κ2) is 10.5. The molecular formula is C43H32BNS. The summed E-state index contributed by atoms with van der Waals surface area (Å²) in [5.41, 5.74) is 14.5. The van der Waals surface area contributed by atoms with E-state index in [1.54, 1.807) is 0 Å². The molecule has 1 aliphatic rings. The Balaban J connectivity index is 1.42. The molecular weight excluding hydrogens is 573 g/mol. The number of benzene rings is 7. The van der Waals surface area contributed by atoms with E-state index in [0.717, 1.165) is 0 Å². The van der Waals surface area contributed by atoms with E-state index in [9.17, 15) is 0 Å². The van der Waals surface area contributed by atoms with Gasteiger partial charge in [-0.1, -0.05) is 128 Å². The van der Waals surface area contributed by atoms with Gasteiger partial charge < -0.3 is 4.90 Å². The van der Waals surface area contributed by atoms with Crippen LogP contribution in [0.15, 0.2) is 139 Å². The van der Waals surface area contributed by atoms with Gasteiger partial charge in [0.25, 0.3) is 0 Å². The van der Waals surface area contributed by atoms with Crippen LogP contribution >= 0.6 is 11.3 Å². The monoisotopic (exact) mass is 605 g/mol. The fourth-order valence-electron chi connectivity index (χ4n) is 7.90. The zero-order valence-corrected chi connectivity index (χ0v) is 27.0. The normalized spacial score (nSPS) is 12.6. The Labute approximate surface area is 274 Å². The number of aryl methyl sites for hydroxylation is 1. The molecule has 1 nitrogen and oxygen atoms in total. The maximum atomic E-state index is 2.58. The van der Waals surface area contributed by atoms with Gasteiger partial charge in [-0.15, -0.1) is 11.3 Å². The van der Waals surface area contributed by atoms with E-state index in [1.807, 2.05) is 11.3 Å². The molecule has 0 bridgehead atoms. The molecule has 3 heteroatoms. The van der Waals surface area contributed by atoms with Gasteiger partial charge in [-0.3, -0.25) is 0 Å². The van der Waals surface area contributed by atoms with Crippen molar-refractivity contribution in [2.24, 2.45) is 0 Å². The van der Waals surface area contributed by atoms with Crippen LogP contribution in [-0.4, -0.2) is 6.71 Å². The highest BCUT2D eigenvalue weighted by molar-refractivity contribution is 7.17.